The van der Waals surface area contributed by atoms with Crippen LogP contribution in [-0.2, 0) is 16.4 Å². The highest BCUT2D eigenvalue weighted by Gasteiger charge is 2.10. The van der Waals surface area contributed by atoms with Gasteiger partial charge >= 0.3 is 0 Å². The molecular weight excluding hydrogens is 428 g/mol. The second-order valence-electron chi connectivity index (χ2n) is 7.70. The van der Waals surface area contributed by atoms with Gasteiger partial charge in [-0.1, -0.05) is 24.3 Å². The second-order valence-corrected chi connectivity index (χ2v) is 9.44. The summed E-state index contributed by atoms with van der Waals surface area (Å²) in [5, 5.41) is 15.6. The molecule has 8 nitrogen and oxygen atoms in total. The van der Waals surface area contributed by atoms with Gasteiger partial charge in [-0.15, -0.1) is 0 Å². The fourth-order valence-electron chi connectivity index (χ4n) is 3.63. The molecule has 0 amide bonds. The molecule has 0 aliphatic rings. The Kier molecular flexibility index (Phi) is 6.22. The van der Waals surface area contributed by atoms with E-state index in [4.69, 9.17) is 10.5 Å². The quantitative estimate of drug-likeness (QED) is 0.150. The minimum atomic E-state index is -3.44. The molecule has 3 aromatic carbocycles. The first-order chi connectivity index (χ1) is 15.3. The van der Waals surface area contributed by atoms with Crippen molar-refractivity contribution >= 4 is 43.2 Å². The van der Waals surface area contributed by atoms with Crippen molar-refractivity contribution in [3.05, 3.63) is 66.2 Å². The molecule has 0 saturated heterocycles. The molecule has 168 valence electrons. The van der Waals surface area contributed by atoms with E-state index in [2.05, 4.69) is 21.1 Å². The van der Waals surface area contributed by atoms with E-state index in [9.17, 15) is 13.5 Å². The minimum Gasteiger partial charge on any atom is -0.492 e. The molecule has 0 bridgehead atoms. The maximum absolute atomic E-state index is 11.5. The number of hydrogen-bond acceptors (Lipinski definition) is 6. The van der Waals surface area contributed by atoms with E-state index in [-0.39, 0.29) is 0 Å². The Balaban J connectivity index is 1.29. The van der Waals surface area contributed by atoms with Crippen molar-refractivity contribution < 1.29 is 18.3 Å². The number of sulfonamides is 1. The summed E-state index contributed by atoms with van der Waals surface area (Å²) in [5.41, 5.74) is 9.28. The molecule has 1 heterocycles. The molecule has 1 unspecified atom stereocenters. The van der Waals surface area contributed by atoms with Gasteiger partial charge in [0.15, 0.2) is 0 Å². The van der Waals surface area contributed by atoms with Crippen LogP contribution in [0.2, 0.25) is 0 Å². The maximum Gasteiger partial charge on any atom is 0.229 e. The Morgan fingerprint density at radius 1 is 1.06 bits per heavy atom. The SMILES string of the molecule is CS(=O)(=O)Nc1cc(CC(O)NCCOc2ccc3c(c2)[nH]c2ccccc23)ccc1N. The van der Waals surface area contributed by atoms with E-state index in [0.29, 0.717) is 30.9 Å². The molecule has 32 heavy (non-hydrogen) atoms. The highest BCUT2D eigenvalue weighted by molar-refractivity contribution is 7.92. The van der Waals surface area contributed by atoms with Gasteiger partial charge in [0.25, 0.3) is 0 Å². The van der Waals surface area contributed by atoms with Gasteiger partial charge in [-0.05, 0) is 35.9 Å². The van der Waals surface area contributed by atoms with Gasteiger partial charge in [0.05, 0.1) is 23.1 Å². The lowest BCUT2D eigenvalue weighted by molar-refractivity contribution is 0.130. The van der Waals surface area contributed by atoms with Crippen LogP contribution >= 0.6 is 0 Å². The summed E-state index contributed by atoms with van der Waals surface area (Å²) in [5.74, 6) is 0.746. The predicted octanol–water partition coefficient (Wildman–Crippen LogP) is 2.80. The number of aromatic nitrogens is 1. The van der Waals surface area contributed by atoms with Crippen LogP contribution in [0.4, 0.5) is 11.4 Å². The Hall–Kier alpha value is -3.27. The molecular formula is C23H26N4O4S. The van der Waals surface area contributed by atoms with Crippen LogP contribution in [0.3, 0.4) is 0 Å². The van der Waals surface area contributed by atoms with Gasteiger partial charge < -0.3 is 20.6 Å². The standard InChI is InChI=1S/C23H26N4O4S/c1-32(29,30)27-22-12-15(6-9-19(22)24)13-23(28)25-10-11-31-16-7-8-18-17-4-2-3-5-20(17)26-21(18)14-16/h2-9,12,14,23,25-28H,10-11,13,24H2,1H3. The van der Waals surface area contributed by atoms with Crippen LogP contribution in [0.25, 0.3) is 21.8 Å². The number of aliphatic hydroxyl groups is 1. The number of rotatable bonds is 9. The predicted molar refractivity (Wildman–Crippen MR) is 128 cm³/mol. The number of benzene rings is 3. The summed E-state index contributed by atoms with van der Waals surface area (Å²) in [4.78, 5) is 3.39. The number of H-pyrrole nitrogens is 1. The molecule has 1 aromatic heterocycles. The first-order valence-corrected chi connectivity index (χ1v) is 12.1. The maximum atomic E-state index is 11.5. The van der Waals surface area contributed by atoms with Gasteiger partial charge in [0.1, 0.15) is 18.6 Å². The third-order valence-electron chi connectivity index (χ3n) is 5.07. The van der Waals surface area contributed by atoms with Crippen LogP contribution < -0.4 is 20.5 Å². The van der Waals surface area contributed by atoms with E-state index in [1.54, 1.807) is 18.2 Å². The summed E-state index contributed by atoms with van der Waals surface area (Å²) in [6, 6.07) is 19.1. The molecule has 0 saturated carbocycles. The van der Waals surface area contributed by atoms with Gasteiger partial charge in [0.2, 0.25) is 10.0 Å². The van der Waals surface area contributed by atoms with Crippen molar-refractivity contribution in [2.45, 2.75) is 12.6 Å². The third kappa shape index (κ3) is 5.31. The number of nitrogen functional groups attached to an aromatic ring is 1. The fraction of sp³-hybridized carbons (Fsp3) is 0.217. The van der Waals surface area contributed by atoms with Gasteiger partial charge in [-0.25, -0.2) is 8.42 Å². The van der Waals surface area contributed by atoms with Crippen molar-refractivity contribution in [3.63, 3.8) is 0 Å². The molecule has 4 aromatic rings. The van der Waals surface area contributed by atoms with E-state index in [0.717, 1.165) is 34.0 Å². The molecule has 0 aliphatic carbocycles. The summed E-state index contributed by atoms with van der Waals surface area (Å²) in [7, 11) is -3.44. The normalized spacial score (nSPS) is 12.8. The zero-order valence-corrected chi connectivity index (χ0v) is 18.4. The molecule has 0 fully saturated rings. The minimum absolute atomic E-state index is 0.291. The van der Waals surface area contributed by atoms with Crippen LogP contribution in [0.1, 0.15) is 5.56 Å². The fourth-order valence-corrected chi connectivity index (χ4v) is 4.21. The number of hydrogen-bond donors (Lipinski definition) is 5. The average molecular weight is 455 g/mol. The van der Waals surface area contributed by atoms with Crippen LogP contribution in [-0.4, -0.2) is 44.1 Å². The van der Waals surface area contributed by atoms with E-state index in [1.807, 2.05) is 36.4 Å². The molecule has 9 heteroatoms. The zero-order valence-electron chi connectivity index (χ0n) is 17.6. The number of ether oxygens (including phenoxy) is 1. The first kappa shape index (κ1) is 21.9. The first-order valence-electron chi connectivity index (χ1n) is 10.2. The monoisotopic (exact) mass is 454 g/mol. The topological polar surface area (TPSA) is 129 Å². The molecule has 4 rings (SSSR count). The Morgan fingerprint density at radius 3 is 2.66 bits per heavy atom. The number of para-hydroxylation sites is 1. The summed E-state index contributed by atoms with van der Waals surface area (Å²) in [6.45, 7) is 0.820. The lowest BCUT2D eigenvalue weighted by Gasteiger charge is -2.15. The Bertz CT molecular complexity index is 1350. The van der Waals surface area contributed by atoms with Crippen molar-refractivity contribution in [1.29, 1.82) is 0 Å². The second kappa shape index (κ2) is 9.07. The van der Waals surface area contributed by atoms with Crippen molar-refractivity contribution in [3.8, 4) is 5.75 Å². The number of nitrogens with two attached hydrogens (primary N) is 1. The Morgan fingerprint density at radius 2 is 1.84 bits per heavy atom. The molecule has 1 atom stereocenters. The highest BCUT2D eigenvalue weighted by atomic mass is 32.2. The number of nitrogens with one attached hydrogen (secondary N) is 3. The number of anilines is 2. The summed E-state index contributed by atoms with van der Waals surface area (Å²) >= 11 is 0. The van der Waals surface area contributed by atoms with Crippen LogP contribution in [0, 0.1) is 0 Å². The molecule has 6 N–H and O–H groups in total. The summed E-state index contributed by atoms with van der Waals surface area (Å²) in [6.07, 6.45) is 0.537. The van der Waals surface area contributed by atoms with E-state index >= 15 is 0 Å². The Labute approximate surface area is 186 Å². The van der Waals surface area contributed by atoms with Crippen LogP contribution in [0.15, 0.2) is 60.7 Å². The van der Waals surface area contributed by atoms with E-state index < -0.39 is 16.3 Å². The van der Waals surface area contributed by atoms with Gasteiger partial charge in [-0.2, -0.15) is 0 Å². The van der Waals surface area contributed by atoms with Gasteiger partial charge in [-0.3, -0.25) is 10.0 Å². The van der Waals surface area contributed by atoms with Crippen LogP contribution in [0.5, 0.6) is 5.75 Å². The number of aromatic amines is 1. The summed E-state index contributed by atoms with van der Waals surface area (Å²) < 4.78 is 31.1. The molecule has 0 aliphatic heterocycles. The largest absolute Gasteiger partial charge is 0.492 e. The lowest BCUT2D eigenvalue weighted by Crippen LogP contribution is -2.34. The van der Waals surface area contributed by atoms with Crippen molar-refractivity contribution in [1.82, 2.24) is 10.3 Å². The van der Waals surface area contributed by atoms with E-state index in [1.165, 1.54) is 5.39 Å². The number of aliphatic hydroxyl groups excluding tert-OH is 1. The highest BCUT2D eigenvalue weighted by Crippen LogP contribution is 2.28. The van der Waals surface area contributed by atoms with Crippen molar-refractivity contribution in [2.75, 3.05) is 29.9 Å². The van der Waals surface area contributed by atoms with Crippen molar-refractivity contribution in [2.24, 2.45) is 0 Å². The molecule has 0 radical (unpaired) electrons. The average Bonchev–Trinajstić information content (AvgIpc) is 3.10. The smallest absolute Gasteiger partial charge is 0.229 e. The molecule has 0 spiro atoms. The number of fused-ring (bicyclic) bond motifs is 3. The zero-order chi connectivity index (χ0) is 22.7. The van der Waals surface area contributed by atoms with Gasteiger partial charge in [0, 0.05) is 35.3 Å². The lowest BCUT2D eigenvalue weighted by atomic mass is 10.1. The third-order valence-corrected chi connectivity index (χ3v) is 5.66.